The Labute approximate surface area is 223 Å². The van der Waals surface area contributed by atoms with Gasteiger partial charge < -0.3 is 10.6 Å². The van der Waals surface area contributed by atoms with Crippen molar-refractivity contribution in [3.05, 3.63) is 71.3 Å². The molecule has 202 valence electrons. The van der Waals surface area contributed by atoms with Crippen LogP contribution in [0.2, 0.25) is 0 Å². The molecular formula is C23H22N8O6S2. The summed E-state index contributed by atoms with van der Waals surface area (Å²) in [5, 5.41) is 5.69. The first-order valence-electron chi connectivity index (χ1n) is 11.1. The Balaban J connectivity index is 1.68. The van der Waals surface area contributed by atoms with Crippen LogP contribution >= 0.6 is 0 Å². The number of hydrogen-bond acceptors (Lipinski definition) is 12. The van der Waals surface area contributed by atoms with Crippen LogP contribution in [-0.2, 0) is 20.2 Å². The van der Waals surface area contributed by atoms with Gasteiger partial charge in [-0.25, -0.2) is 15.0 Å². The van der Waals surface area contributed by atoms with Gasteiger partial charge in [-0.2, -0.15) is 31.8 Å². The summed E-state index contributed by atoms with van der Waals surface area (Å²) in [5.74, 6) is 1.71. The van der Waals surface area contributed by atoms with Gasteiger partial charge in [0.25, 0.3) is 20.2 Å². The van der Waals surface area contributed by atoms with Crippen molar-refractivity contribution in [2.45, 2.75) is 30.6 Å². The predicted octanol–water partition coefficient (Wildman–Crippen LogP) is 3.13. The van der Waals surface area contributed by atoms with Gasteiger partial charge in [-0.3, -0.25) is 9.11 Å². The highest BCUT2D eigenvalue weighted by Gasteiger charge is 2.18. The van der Waals surface area contributed by atoms with E-state index < -0.39 is 30.0 Å². The minimum atomic E-state index is -4.69. The maximum atomic E-state index is 12.1. The molecule has 0 unspecified atom stereocenters. The normalized spacial score (nSPS) is 12.0. The molecule has 0 aliphatic heterocycles. The van der Waals surface area contributed by atoms with E-state index in [-0.39, 0.29) is 34.4 Å². The van der Waals surface area contributed by atoms with Gasteiger partial charge in [0, 0.05) is 11.4 Å². The lowest BCUT2D eigenvalue weighted by Gasteiger charge is -2.10. The van der Waals surface area contributed by atoms with Crippen LogP contribution in [0, 0.1) is 20.8 Å². The number of aryl methyl sites for hydroxylation is 3. The Hall–Kier alpha value is -4.38. The SMILES string of the molecule is Cc1ncnc(Nc2ccc(C=Cc3ccc(Nc4nc(C)nc(C)n4)cc3S(=O)(=O)O)c(S(=O)(=O)O)c2)n1. The minimum absolute atomic E-state index is 0.0505. The summed E-state index contributed by atoms with van der Waals surface area (Å²) >= 11 is 0. The van der Waals surface area contributed by atoms with Crippen molar-refractivity contribution in [3.8, 4) is 0 Å². The number of hydrogen-bond donors (Lipinski definition) is 4. The van der Waals surface area contributed by atoms with Crippen molar-refractivity contribution >= 4 is 55.7 Å². The molecule has 0 spiro atoms. The second-order valence-corrected chi connectivity index (χ2v) is 10.9. The Morgan fingerprint density at radius 1 is 0.641 bits per heavy atom. The van der Waals surface area contributed by atoms with Crippen molar-refractivity contribution in [1.82, 2.24) is 29.9 Å². The summed E-state index contributed by atoms with van der Waals surface area (Å²) in [6.07, 6.45) is 3.86. The number of aromatic nitrogens is 6. The van der Waals surface area contributed by atoms with Gasteiger partial charge in [0.15, 0.2) is 0 Å². The molecule has 14 nitrogen and oxygen atoms in total. The van der Waals surface area contributed by atoms with Crippen LogP contribution in [-0.4, -0.2) is 55.8 Å². The Morgan fingerprint density at radius 3 is 1.56 bits per heavy atom. The average Bonchev–Trinajstić information content (AvgIpc) is 2.82. The largest absolute Gasteiger partial charge is 0.324 e. The molecule has 39 heavy (non-hydrogen) atoms. The predicted molar refractivity (Wildman–Crippen MR) is 142 cm³/mol. The van der Waals surface area contributed by atoms with Crippen LogP contribution in [0.15, 0.2) is 52.5 Å². The summed E-state index contributed by atoms with van der Waals surface area (Å²) in [7, 11) is -9.38. The number of benzene rings is 2. The number of anilines is 4. The van der Waals surface area contributed by atoms with E-state index >= 15 is 0 Å². The average molecular weight is 571 g/mol. The molecule has 2 aromatic carbocycles. The number of rotatable bonds is 8. The van der Waals surface area contributed by atoms with E-state index in [0.717, 1.165) is 0 Å². The van der Waals surface area contributed by atoms with Crippen LogP contribution in [0.3, 0.4) is 0 Å². The third kappa shape index (κ3) is 7.14. The molecule has 4 N–H and O–H groups in total. The molecule has 0 bridgehead atoms. The highest BCUT2D eigenvalue weighted by atomic mass is 32.2. The summed E-state index contributed by atoms with van der Waals surface area (Å²) < 4.78 is 68.1. The van der Waals surface area contributed by atoms with Gasteiger partial charge in [0.2, 0.25) is 11.9 Å². The fourth-order valence-corrected chi connectivity index (χ4v) is 4.91. The lowest BCUT2D eigenvalue weighted by atomic mass is 10.1. The van der Waals surface area contributed by atoms with Gasteiger partial charge in [-0.1, -0.05) is 24.3 Å². The third-order valence-corrected chi connectivity index (χ3v) is 6.91. The van der Waals surface area contributed by atoms with Gasteiger partial charge in [0.05, 0.1) is 0 Å². The minimum Gasteiger partial charge on any atom is -0.324 e. The molecule has 2 aromatic heterocycles. The van der Waals surface area contributed by atoms with Crippen LogP contribution in [0.1, 0.15) is 28.6 Å². The van der Waals surface area contributed by atoms with Gasteiger partial charge in [-0.05, 0) is 56.2 Å². The monoisotopic (exact) mass is 570 g/mol. The quantitative estimate of drug-likeness (QED) is 0.177. The zero-order chi connectivity index (χ0) is 28.4. The van der Waals surface area contributed by atoms with Crippen LogP contribution in [0.5, 0.6) is 0 Å². The van der Waals surface area contributed by atoms with Crippen molar-refractivity contribution < 1.29 is 25.9 Å². The van der Waals surface area contributed by atoms with Crippen LogP contribution in [0.4, 0.5) is 23.3 Å². The molecule has 0 atom stereocenters. The fourth-order valence-electron chi connectivity index (χ4n) is 3.49. The molecule has 0 aliphatic rings. The Bertz CT molecular complexity index is 1790. The van der Waals surface area contributed by atoms with Gasteiger partial charge in [0.1, 0.15) is 33.6 Å². The Morgan fingerprint density at radius 2 is 1.10 bits per heavy atom. The molecular weight excluding hydrogens is 548 g/mol. The van der Waals surface area contributed by atoms with E-state index in [1.165, 1.54) is 54.9 Å². The summed E-state index contributed by atoms with van der Waals surface area (Å²) in [5.41, 5.74) is 0.639. The lowest BCUT2D eigenvalue weighted by Crippen LogP contribution is -2.05. The maximum absolute atomic E-state index is 12.1. The first-order chi connectivity index (χ1) is 18.3. The molecule has 4 rings (SSSR count). The fraction of sp³-hybridized carbons (Fsp3) is 0.130. The number of nitrogens with zero attached hydrogens (tertiary/aromatic N) is 6. The van der Waals surface area contributed by atoms with E-state index in [1.807, 2.05) is 0 Å². The molecule has 0 amide bonds. The molecule has 4 aromatic rings. The summed E-state index contributed by atoms with van der Waals surface area (Å²) in [6.45, 7) is 5.01. The zero-order valence-corrected chi connectivity index (χ0v) is 22.4. The highest BCUT2D eigenvalue weighted by molar-refractivity contribution is 7.86. The molecule has 0 aliphatic carbocycles. The van der Waals surface area contributed by atoms with E-state index in [9.17, 15) is 25.9 Å². The van der Waals surface area contributed by atoms with E-state index in [0.29, 0.717) is 17.5 Å². The van der Waals surface area contributed by atoms with E-state index in [2.05, 4.69) is 40.5 Å². The second-order valence-electron chi connectivity index (χ2n) is 8.15. The summed E-state index contributed by atoms with van der Waals surface area (Å²) in [4.78, 5) is 23.3. The van der Waals surface area contributed by atoms with Crippen LogP contribution < -0.4 is 10.6 Å². The van der Waals surface area contributed by atoms with Gasteiger partial charge >= 0.3 is 0 Å². The third-order valence-electron chi connectivity index (χ3n) is 5.09. The molecule has 0 saturated heterocycles. The molecule has 0 fully saturated rings. The smallest absolute Gasteiger partial charge is 0.295 e. The van der Waals surface area contributed by atoms with Crippen molar-refractivity contribution in [3.63, 3.8) is 0 Å². The molecule has 0 saturated carbocycles. The van der Waals surface area contributed by atoms with Crippen molar-refractivity contribution in [2.75, 3.05) is 10.6 Å². The summed E-state index contributed by atoms with van der Waals surface area (Å²) in [6, 6.07) is 8.18. The highest BCUT2D eigenvalue weighted by Crippen LogP contribution is 2.27. The van der Waals surface area contributed by atoms with Crippen molar-refractivity contribution in [1.29, 1.82) is 0 Å². The number of nitrogens with one attached hydrogen (secondary N) is 2. The van der Waals surface area contributed by atoms with Crippen LogP contribution in [0.25, 0.3) is 12.2 Å². The topological polar surface area (TPSA) is 210 Å². The zero-order valence-electron chi connectivity index (χ0n) is 20.7. The first kappa shape index (κ1) is 27.6. The Kier molecular flexibility index (Phi) is 7.64. The molecule has 2 heterocycles. The van der Waals surface area contributed by atoms with Crippen molar-refractivity contribution in [2.24, 2.45) is 0 Å². The first-order valence-corrected chi connectivity index (χ1v) is 14.0. The molecule has 16 heteroatoms. The molecule has 0 radical (unpaired) electrons. The lowest BCUT2D eigenvalue weighted by molar-refractivity contribution is 0.480. The van der Waals surface area contributed by atoms with E-state index in [1.54, 1.807) is 20.8 Å². The van der Waals surface area contributed by atoms with E-state index in [4.69, 9.17) is 0 Å². The van der Waals surface area contributed by atoms with Gasteiger partial charge in [-0.15, -0.1) is 0 Å². The standard InChI is InChI=1S/C23H22N8O6S2/c1-13-24-12-25-22(27-13)30-18-8-6-16(20(10-18)38(32,33)34)4-5-17-7-9-19(11-21(17)39(35,36)37)31-23-28-14(2)26-15(3)29-23/h4-12H,1-3H3,(H,32,33,34)(H,35,36,37)(H,24,25,27,30)(H,26,28,29,31). The maximum Gasteiger partial charge on any atom is 0.295 e. The second kappa shape index (κ2) is 10.8.